The Morgan fingerprint density at radius 2 is 1.57 bits per heavy atom. The van der Waals surface area contributed by atoms with Gasteiger partial charge in [-0.15, -0.1) is 0 Å². The van der Waals surface area contributed by atoms with E-state index in [0.29, 0.717) is 11.4 Å². The highest BCUT2D eigenvalue weighted by Crippen LogP contribution is 2.36. The van der Waals surface area contributed by atoms with Gasteiger partial charge in [0.25, 0.3) is 23.2 Å². The van der Waals surface area contributed by atoms with Crippen molar-refractivity contribution in [1.29, 1.82) is 0 Å². The number of hydrogen-bond acceptors (Lipinski definition) is 8. The molecule has 0 aliphatic carbocycles. The fraction of sp³-hybridized carbons (Fsp3) is 0.125. The lowest BCUT2D eigenvalue weighted by Gasteiger charge is -2.33. The highest BCUT2D eigenvalue weighted by Gasteiger charge is 2.33. The van der Waals surface area contributed by atoms with Crippen LogP contribution in [-0.4, -0.2) is 40.2 Å². The molecule has 1 heterocycles. The number of benzene rings is 3. The number of non-ortho nitro benzene ring substituents is 2. The summed E-state index contributed by atoms with van der Waals surface area (Å²) in [5.74, 6) is -1.49. The largest absolute Gasteiger partial charge is 0.479 e. The highest BCUT2D eigenvalue weighted by atomic mass is 16.6. The van der Waals surface area contributed by atoms with E-state index in [2.05, 4.69) is 10.6 Å². The average molecular weight is 505 g/mol. The molecule has 3 aromatic rings. The molecule has 1 aliphatic rings. The van der Waals surface area contributed by atoms with Gasteiger partial charge in [-0.2, -0.15) is 0 Å². The summed E-state index contributed by atoms with van der Waals surface area (Å²) in [6, 6.07) is 15.6. The van der Waals surface area contributed by atoms with Crippen molar-refractivity contribution in [3.8, 4) is 5.75 Å². The van der Waals surface area contributed by atoms with Crippen LogP contribution in [0.15, 0.2) is 66.7 Å². The van der Waals surface area contributed by atoms with Crippen LogP contribution in [0.3, 0.4) is 0 Å². The van der Waals surface area contributed by atoms with E-state index >= 15 is 0 Å². The molecule has 0 aromatic heterocycles. The molecular formula is C24H19N5O8. The Bertz CT molecular complexity index is 1390. The predicted octanol–water partition coefficient (Wildman–Crippen LogP) is 3.51. The number of ether oxygens (including phenoxy) is 1. The van der Waals surface area contributed by atoms with Gasteiger partial charge in [-0.1, -0.05) is 18.2 Å². The van der Waals surface area contributed by atoms with Gasteiger partial charge in [-0.25, -0.2) is 0 Å². The van der Waals surface area contributed by atoms with Crippen LogP contribution < -0.4 is 20.3 Å². The molecule has 1 atom stereocenters. The predicted molar refractivity (Wildman–Crippen MR) is 132 cm³/mol. The first-order chi connectivity index (χ1) is 17.6. The maximum atomic E-state index is 12.8. The molecule has 3 aromatic carbocycles. The SMILES string of the molecule is CC1Oc2ccc(NC(=O)c3cc([N+](=O)[O-])cc([N+](=O)[O-])c3)cc2N(CC(=O)Nc2ccccc2)C1=O. The number of anilines is 3. The van der Waals surface area contributed by atoms with Crippen molar-refractivity contribution in [2.75, 3.05) is 22.1 Å². The molecule has 1 unspecified atom stereocenters. The summed E-state index contributed by atoms with van der Waals surface area (Å²) in [6.45, 7) is 1.21. The molecule has 13 nitrogen and oxygen atoms in total. The third kappa shape index (κ3) is 5.51. The Kier molecular flexibility index (Phi) is 6.77. The zero-order chi connectivity index (χ0) is 26.7. The molecule has 0 bridgehead atoms. The van der Waals surface area contributed by atoms with E-state index in [0.717, 1.165) is 18.2 Å². The smallest absolute Gasteiger partial charge is 0.277 e. The van der Waals surface area contributed by atoms with E-state index in [4.69, 9.17) is 4.74 Å². The quantitative estimate of drug-likeness (QED) is 0.362. The van der Waals surface area contributed by atoms with Crippen molar-refractivity contribution >= 4 is 46.2 Å². The Balaban J connectivity index is 1.59. The Labute approximate surface area is 208 Å². The molecule has 0 radical (unpaired) electrons. The lowest BCUT2D eigenvalue weighted by atomic mass is 10.1. The van der Waals surface area contributed by atoms with Gasteiger partial charge in [-0.05, 0) is 37.3 Å². The van der Waals surface area contributed by atoms with Gasteiger partial charge < -0.3 is 15.4 Å². The summed E-state index contributed by atoms with van der Waals surface area (Å²) in [4.78, 5) is 60.1. The van der Waals surface area contributed by atoms with Crippen LogP contribution in [0, 0.1) is 20.2 Å². The van der Waals surface area contributed by atoms with Crippen molar-refractivity contribution in [1.82, 2.24) is 0 Å². The third-order valence-electron chi connectivity index (χ3n) is 5.37. The van der Waals surface area contributed by atoms with Crippen molar-refractivity contribution in [3.05, 3.63) is 92.5 Å². The molecule has 0 fully saturated rings. The summed E-state index contributed by atoms with van der Waals surface area (Å²) in [6.07, 6.45) is -0.858. The van der Waals surface area contributed by atoms with Crippen LogP contribution in [0.2, 0.25) is 0 Å². The van der Waals surface area contributed by atoms with Crippen molar-refractivity contribution in [2.45, 2.75) is 13.0 Å². The van der Waals surface area contributed by atoms with Crippen molar-refractivity contribution < 1.29 is 29.0 Å². The van der Waals surface area contributed by atoms with Crippen LogP contribution in [0.4, 0.5) is 28.4 Å². The van der Waals surface area contributed by atoms with Crippen LogP contribution in [0.5, 0.6) is 5.75 Å². The second-order valence-corrected chi connectivity index (χ2v) is 7.99. The minimum Gasteiger partial charge on any atom is -0.479 e. The number of carbonyl (C=O) groups is 3. The molecule has 1 aliphatic heterocycles. The van der Waals surface area contributed by atoms with E-state index in [9.17, 15) is 34.6 Å². The fourth-order valence-electron chi connectivity index (χ4n) is 3.65. The Hall–Kier alpha value is -5.33. The molecule has 0 spiro atoms. The lowest BCUT2D eigenvalue weighted by Crippen LogP contribution is -2.47. The standard InChI is InChI=1S/C24H19N5O8/c1-14-24(32)27(13-22(30)25-16-5-3-2-4-6-16)20-11-17(7-8-21(20)37-14)26-23(31)15-9-18(28(33)34)12-19(10-15)29(35)36/h2-12,14H,13H2,1H3,(H,25,30)(H,26,31). The zero-order valence-corrected chi connectivity index (χ0v) is 19.2. The molecule has 3 amide bonds. The third-order valence-corrected chi connectivity index (χ3v) is 5.37. The normalized spacial score (nSPS) is 14.2. The maximum Gasteiger partial charge on any atom is 0.277 e. The van der Waals surface area contributed by atoms with Crippen molar-refractivity contribution in [2.24, 2.45) is 0 Å². The van der Waals surface area contributed by atoms with Gasteiger partial charge in [0.15, 0.2) is 6.10 Å². The van der Waals surface area contributed by atoms with E-state index < -0.39 is 45.0 Å². The Morgan fingerprint density at radius 3 is 2.19 bits per heavy atom. The number of rotatable bonds is 7. The first-order valence-electron chi connectivity index (χ1n) is 10.8. The zero-order valence-electron chi connectivity index (χ0n) is 19.2. The number of amides is 3. The number of nitrogens with zero attached hydrogens (tertiary/aromatic N) is 3. The number of nitro groups is 2. The summed E-state index contributed by atoms with van der Waals surface area (Å²) in [7, 11) is 0. The van der Waals surface area contributed by atoms with Crippen LogP contribution in [0.1, 0.15) is 17.3 Å². The lowest BCUT2D eigenvalue weighted by molar-refractivity contribution is -0.394. The van der Waals surface area contributed by atoms with E-state index in [1.807, 2.05) is 0 Å². The van der Waals surface area contributed by atoms with Crippen LogP contribution in [-0.2, 0) is 9.59 Å². The van der Waals surface area contributed by atoms with Gasteiger partial charge in [0, 0.05) is 23.5 Å². The average Bonchev–Trinajstić information content (AvgIpc) is 2.87. The summed E-state index contributed by atoms with van der Waals surface area (Å²) in [5, 5.41) is 27.5. The van der Waals surface area contributed by atoms with E-state index in [1.165, 1.54) is 30.0 Å². The Morgan fingerprint density at radius 1 is 0.919 bits per heavy atom. The number of fused-ring (bicyclic) bond motifs is 1. The molecule has 13 heteroatoms. The molecule has 4 rings (SSSR count). The van der Waals surface area contributed by atoms with Gasteiger partial charge in [-0.3, -0.25) is 39.5 Å². The first-order valence-corrected chi connectivity index (χ1v) is 10.8. The first kappa shape index (κ1) is 24.8. The monoisotopic (exact) mass is 505 g/mol. The molecule has 2 N–H and O–H groups in total. The minimum atomic E-state index is -0.858. The number of hydrogen-bond donors (Lipinski definition) is 2. The molecule has 188 valence electrons. The summed E-state index contributed by atoms with van der Waals surface area (Å²) < 4.78 is 5.62. The second-order valence-electron chi connectivity index (χ2n) is 7.99. The molecular weight excluding hydrogens is 486 g/mol. The van der Waals surface area contributed by atoms with Gasteiger partial charge in [0.1, 0.15) is 12.3 Å². The molecule has 37 heavy (non-hydrogen) atoms. The molecule has 0 saturated heterocycles. The van der Waals surface area contributed by atoms with Gasteiger partial charge in [0.05, 0.1) is 27.2 Å². The molecule has 0 saturated carbocycles. The van der Waals surface area contributed by atoms with Gasteiger partial charge >= 0.3 is 0 Å². The number of carbonyl (C=O) groups excluding carboxylic acids is 3. The highest BCUT2D eigenvalue weighted by molar-refractivity contribution is 6.08. The number of para-hydroxylation sites is 1. The fourth-order valence-corrected chi connectivity index (χ4v) is 3.65. The summed E-state index contributed by atoms with van der Waals surface area (Å²) in [5.41, 5.74) is -0.611. The summed E-state index contributed by atoms with van der Waals surface area (Å²) >= 11 is 0. The number of nitrogens with one attached hydrogen (secondary N) is 2. The maximum absolute atomic E-state index is 12.8. The van der Waals surface area contributed by atoms with E-state index in [1.54, 1.807) is 30.3 Å². The van der Waals surface area contributed by atoms with Crippen molar-refractivity contribution in [3.63, 3.8) is 0 Å². The second kappa shape index (κ2) is 10.1. The van der Waals surface area contributed by atoms with Gasteiger partial charge in [0.2, 0.25) is 5.91 Å². The number of nitro benzene ring substituents is 2. The van der Waals surface area contributed by atoms with Crippen LogP contribution >= 0.6 is 0 Å². The topological polar surface area (TPSA) is 174 Å². The van der Waals surface area contributed by atoms with E-state index in [-0.39, 0.29) is 23.5 Å². The minimum absolute atomic E-state index is 0.164. The van der Waals surface area contributed by atoms with Crippen LogP contribution in [0.25, 0.3) is 0 Å².